The molecule has 0 radical (unpaired) electrons. The number of thioether (sulfide) groups is 1. The van der Waals surface area contributed by atoms with Crippen molar-refractivity contribution in [2.75, 3.05) is 18.4 Å². The molecule has 3 amide bonds. The van der Waals surface area contributed by atoms with E-state index in [0.29, 0.717) is 11.0 Å². The summed E-state index contributed by atoms with van der Waals surface area (Å²) in [6.45, 7) is 2.15. The number of hydrogen-bond acceptors (Lipinski definition) is 8. The molecule has 2 aromatic carbocycles. The molecule has 1 fully saturated rings. The molecule has 47 heavy (non-hydrogen) atoms. The van der Waals surface area contributed by atoms with Crippen LogP contribution in [-0.4, -0.2) is 61.9 Å². The number of aromatic nitrogens is 2. The van der Waals surface area contributed by atoms with Crippen LogP contribution < -0.4 is 16.1 Å². The molecule has 3 N–H and O–H groups in total. The van der Waals surface area contributed by atoms with Gasteiger partial charge in [0.2, 0.25) is 17.7 Å². The fourth-order valence-electron chi connectivity index (χ4n) is 5.45. The van der Waals surface area contributed by atoms with Crippen LogP contribution in [0.25, 0.3) is 0 Å². The lowest BCUT2D eigenvalue weighted by atomic mass is 10.0. The first-order valence-electron chi connectivity index (χ1n) is 15.8. The van der Waals surface area contributed by atoms with Gasteiger partial charge in [-0.1, -0.05) is 66.4 Å². The average Bonchev–Trinajstić information content (AvgIpc) is 3.40. The molecule has 0 spiro atoms. The fourth-order valence-corrected chi connectivity index (χ4v) is 6.47. The molecule has 2 aliphatic rings. The highest BCUT2D eigenvalue weighted by molar-refractivity contribution is 8.15. The van der Waals surface area contributed by atoms with Gasteiger partial charge in [-0.05, 0) is 61.4 Å². The highest BCUT2D eigenvalue weighted by Crippen LogP contribution is 2.33. The molecular weight excluding hydrogens is 624 g/mol. The van der Waals surface area contributed by atoms with Gasteiger partial charge in [-0.25, -0.2) is 8.78 Å². The lowest BCUT2D eigenvalue weighted by molar-refractivity contribution is -0.136. The van der Waals surface area contributed by atoms with Crippen LogP contribution in [0.1, 0.15) is 61.4 Å². The Kier molecular flexibility index (Phi) is 11.2. The van der Waals surface area contributed by atoms with Gasteiger partial charge in [0.25, 0.3) is 5.92 Å². The molecule has 248 valence electrons. The van der Waals surface area contributed by atoms with Crippen LogP contribution in [0.3, 0.4) is 0 Å². The summed E-state index contributed by atoms with van der Waals surface area (Å²) in [5.74, 6) is -2.82. The van der Waals surface area contributed by atoms with Gasteiger partial charge < -0.3 is 15.5 Å². The number of hydrazone groups is 1. The SMILES string of the molecule is CC1(CCCCc2ccc(NC(=O)Cc3ccccc3)nn2)NN=C(NC(=O)Cc2cccc(CC(=O)N3CCC(F)(F)CC3)c2)S1. The number of amidine groups is 1. The molecule has 0 aliphatic carbocycles. The molecule has 0 saturated carbocycles. The van der Waals surface area contributed by atoms with Gasteiger partial charge in [-0.3, -0.25) is 19.8 Å². The van der Waals surface area contributed by atoms with E-state index in [0.717, 1.165) is 48.1 Å². The van der Waals surface area contributed by atoms with Crippen molar-refractivity contribution in [3.63, 3.8) is 0 Å². The van der Waals surface area contributed by atoms with Crippen molar-refractivity contribution in [2.24, 2.45) is 5.10 Å². The summed E-state index contributed by atoms with van der Waals surface area (Å²) in [7, 11) is 0. The molecule has 1 aromatic heterocycles. The van der Waals surface area contributed by atoms with Crippen molar-refractivity contribution < 1.29 is 23.2 Å². The lowest BCUT2D eigenvalue weighted by Gasteiger charge is -2.31. The van der Waals surface area contributed by atoms with E-state index in [1.54, 1.807) is 18.2 Å². The second-order valence-electron chi connectivity index (χ2n) is 12.1. The summed E-state index contributed by atoms with van der Waals surface area (Å²) in [5, 5.41) is 18.9. The van der Waals surface area contributed by atoms with Gasteiger partial charge >= 0.3 is 0 Å². The van der Waals surface area contributed by atoms with Crippen molar-refractivity contribution in [3.8, 4) is 0 Å². The van der Waals surface area contributed by atoms with Gasteiger partial charge in [-0.15, -0.1) is 5.10 Å². The molecule has 1 saturated heterocycles. The summed E-state index contributed by atoms with van der Waals surface area (Å²) in [4.78, 5) is 38.8. The van der Waals surface area contributed by atoms with E-state index < -0.39 is 5.92 Å². The predicted octanol–water partition coefficient (Wildman–Crippen LogP) is 4.85. The number of amides is 3. The van der Waals surface area contributed by atoms with Crippen LogP contribution in [0, 0.1) is 0 Å². The number of aryl methyl sites for hydroxylation is 1. The van der Waals surface area contributed by atoms with Gasteiger partial charge in [0.05, 0.1) is 25.0 Å². The van der Waals surface area contributed by atoms with E-state index >= 15 is 0 Å². The van der Waals surface area contributed by atoms with Crippen molar-refractivity contribution in [2.45, 2.75) is 75.5 Å². The van der Waals surface area contributed by atoms with Gasteiger partial charge in [0, 0.05) is 25.9 Å². The van der Waals surface area contributed by atoms with Crippen LogP contribution in [0.2, 0.25) is 0 Å². The number of alkyl halides is 2. The normalized spacial score (nSPS) is 18.6. The first-order valence-corrected chi connectivity index (χ1v) is 16.6. The quantitative estimate of drug-likeness (QED) is 0.236. The van der Waals surface area contributed by atoms with Crippen molar-refractivity contribution in [1.82, 2.24) is 25.8 Å². The molecule has 1 atom stereocenters. The molecule has 3 heterocycles. The maximum absolute atomic E-state index is 13.4. The van der Waals surface area contributed by atoms with Crippen molar-refractivity contribution >= 4 is 40.5 Å². The number of likely N-dealkylation sites (tertiary alicyclic amines) is 1. The number of halogens is 2. The number of nitrogens with one attached hydrogen (secondary N) is 3. The van der Waals surface area contributed by atoms with Crippen LogP contribution in [0.4, 0.5) is 14.6 Å². The third-order valence-electron chi connectivity index (χ3n) is 8.05. The lowest BCUT2D eigenvalue weighted by Crippen LogP contribution is -2.43. The second kappa shape index (κ2) is 15.5. The first kappa shape index (κ1) is 34.0. The maximum atomic E-state index is 13.4. The minimum atomic E-state index is -2.70. The molecule has 1 unspecified atom stereocenters. The van der Waals surface area contributed by atoms with E-state index in [1.165, 1.54) is 16.7 Å². The zero-order chi connectivity index (χ0) is 33.3. The van der Waals surface area contributed by atoms with Crippen LogP contribution in [0.5, 0.6) is 0 Å². The number of piperidine rings is 1. The number of unbranched alkanes of at least 4 members (excludes halogenated alkanes) is 1. The summed E-state index contributed by atoms with van der Waals surface area (Å²) in [6, 6.07) is 20.4. The molecule has 5 rings (SSSR count). The molecule has 2 aliphatic heterocycles. The van der Waals surface area contributed by atoms with E-state index in [2.05, 4.69) is 31.4 Å². The fraction of sp³-hybridized carbons (Fsp3) is 0.412. The van der Waals surface area contributed by atoms with E-state index in [9.17, 15) is 23.2 Å². The Morgan fingerprint density at radius 3 is 2.26 bits per heavy atom. The molecule has 10 nitrogen and oxygen atoms in total. The zero-order valence-electron chi connectivity index (χ0n) is 26.3. The number of nitrogens with zero attached hydrogens (tertiary/aromatic N) is 4. The number of benzene rings is 2. The van der Waals surface area contributed by atoms with Crippen LogP contribution >= 0.6 is 11.8 Å². The predicted molar refractivity (Wildman–Crippen MR) is 178 cm³/mol. The Balaban J connectivity index is 0.987. The molecule has 0 bridgehead atoms. The van der Waals surface area contributed by atoms with Gasteiger partial charge in [-0.2, -0.15) is 10.2 Å². The Labute approximate surface area is 277 Å². The molecule has 3 aromatic rings. The standard InChI is InChI=1S/C34H39F2N7O3S/c1-33(15-6-5-12-27-13-14-28(40-39-27)37-29(44)21-24-8-3-2-4-9-24)42-41-32(47-33)38-30(45)22-25-10-7-11-26(20-25)23-31(46)43-18-16-34(35,36)17-19-43/h2-4,7-11,13-14,20,42H,5-6,12,15-19,21-23H2,1H3,(H,37,40,44)(H,38,41,45). The summed E-state index contributed by atoms with van der Waals surface area (Å²) < 4.78 is 26.9. The Morgan fingerprint density at radius 1 is 0.851 bits per heavy atom. The number of rotatable bonds is 12. The maximum Gasteiger partial charge on any atom is 0.251 e. The van der Waals surface area contributed by atoms with E-state index in [4.69, 9.17) is 0 Å². The highest BCUT2D eigenvalue weighted by atomic mass is 32.2. The number of hydrogen-bond donors (Lipinski definition) is 3. The first-order chi connectivity index (χ1) is 22.5. The van der Waals surface area contributed by atoms with Crippen LogP contribution in [0.15, 0.2) is 71.8 Å². The van der Waals surface area contributed by atoms with Gasteiger partial charge in [0.1, 0.15) is 4.87 Å². The third-order valence-corrected chi connectivity index (χ3v) is 9.19. The Bertz CT molecular complexity index is 1580. The highest BCUT2D eigenvalue weighted by Gasteiger charge is 2.35. The van der Waals surface area contributed by atoms with E-state index in [-0.39, 0.29) is 67.8 Å². The monoisotopic (exact) mass is 663 g/mol. The van der Waals surface area contributed by atoms with Crippen molar-refractivity contribution in [3.05, 3.63) is 89.1 Å². The van der Waals surface area contributed by atoms with Gasteiger partial charge in [0.15, 0.2) is 11.0 Å². The Morgan fingerprint density at radius 2 is 1.53 bits per heavy atom. The van der Waals surface area contributed by atoms with Crippen LogP contribution in [-0.2, 0) is 40.1 Å². The minimum absolute atomic E-state index is 0.0569. The minimum Gasteiger partial charge on any atom is -0.342 e. The smallest absolute Gasteiger partial charge is 0.251 e. The topological polar surface area (TPSA) is 129 Å². The molecular formula is C34H39F2N7O3S. The summed E-state index contributed by atoms with van der Waals surface area (Å²) in [5.41, 5.74) is 6.41. The zero-order valence-corrected chi connectivity index (χ0v) is 27.1. The average molecular weight is 664 g/mol. The second-order valence-corrected chi connectivity index (χ2v) is 13.6. The number of anilines is 1. The molecule has 13 heteroatoms. The largest absolute Gasteiger partial charge is 0.342 e. The summed E-state index contributed by atoms with van der Waals surface area (Å²) in [6.07, 6.45) is 3.22. The Hall–Kier alpha value is -4.39. The van der Waals surface area contributed by atoms with Crippen molar-refractivity contribution in [1.29, 1.82) is 0 Å². The third kappa shape index (κ3) is 10.6. The summed E-state index contributed by atoms with van der Waals surface area (Å²) >= 11 is 1.47. The van der Waals surface area contributed by atoms with E-state index in [1.807, 2.05) is 55.5 Å². The number of carbonyl (C=O) groups is 3. The number of carbonyl (C=O) groups excluding carboxylic acids is 3.